The van der Waals surface area contributed by atoms with E-state index in [0.717, 1.165) is 4.47 Å². The van der Waals surface area contributed by atoms with Gasteiger partial charge in [-0.3, -0.25) is 4.79 Å². The predicted octanol–water partition coefficient (Wildman–Crippen LogP) is 1.99. The van der Waals surface area contributed by atoms with Gasteiger partial charge < -0.3 is 9.47 Å². The summed E-state index contributed by atoms with van der Waals surface area (Å²) in [4.78, 5) is 9.97. The number of ether oxygens (including phenoxy) is 2. The Kier molecular flexibility index (Phi) is 3.10. The zero-order valence-corrected chi connectivity index (χ0v) is 8.00. The molecule has 0 bridgehead atoms. The van der Waals surface area contributed by atoms with Crippen LogP contribution >= 0.6 is 15.9 Å². The second kappa shape index (κ2) is 4.11. The highest BCUT2D eigenvalue weighted by molar-refractivity contribution is 9.10. The largest absolute Gasteiger partial charge is 0.496 e. The quantitative estimate of drug-likeness (QED) is 0.746. The fourth-order valence-corrected chi connectivity index (χ4v) is 1.30. The van der Waals surface area contributed by atoms with Crippen molar-refractivity contribution >= 4 is 22.4 Å². The third-order valence-corrected chi connectivity index (χ3v) is 1.93. The van der Waals surface area contributed by atoms with E-state index in [-0.39, 0.29) is 0 Å². The monoisotopic (exact) mass is 230 g/mol. The van der Waals surface area contributed by atoms with E-state index in [9.17, 15) is 4.79 Å². The number of methoxy groups -OCH3 is 1. The molecule has 4 heteroatoms. The maximum atomic E-state index is 9.97. The molecule has 1 aromatic rings. The van der Waals surface area contributed by atoms with Crippen LogP contribution in [0.4, 0.5) is 0 Å². The Bertz CT molecular complexity index is 286. The molecule has 3 nitrogen and oxygen atoms in total. The molecule has 0 aliphatic heterocycles. The number of hydrogen-bond acceptors (Lipinski definition) is 3. The Morgan fingerprint density at radius 2 is 2.25 bits per heavy atom. The smallest absolute Gasteiger partial charge is 0.298 e. The third-order valence-electron chi connectivity index (χ3n) is 1.31. The Labute approximate surface area is 78.4 Å². The van der Waals surface area contributed by atoms with Crippen molar-refractivity contribution < 1.29 is 14.3 Å². The molecule has 0 N–H and O–H groups in total. The van der Waals surface area contributed by atoms with Crippen molar-refractivity contribution in [3.05, 3.63) is 22.7 Å². The van der Waals surface area contributed by atoms with Crippen LogP contribution < -0.4 is 9.47 Å². The molecule has 0 aliphatic carbocycles. The first-order chi connectivity index (χ1) is 5.77. The third kappa shape index (κ3) is 1.98. The van der Waals surface area contributed by atoms with Crippen LogP contribution in [0, 0.1) is 0 Å². The molecule has 64 valence electrons. The molecule has 0 atom stereocenters. The maximum Gasteiger partial charge on any atom is 0.298 e. The minimum Gasteiger partial charge on any atom is -0.496 e. The number of halogens is 1. The van der Waals surface area contributed by atoms with Gasteiger partial charge in [0.05, 0.1) is 11.6 Å². The SMILES string of the molecule is COc1ccc(OC=O)cc1Br. The van der Waals surface area contributed by atoms with E-state index in [1.165, 1.54) is 0 Å². The summed E-state index contributed by atoms with van der Waals surface area (Å²) in [6.45, 7) is 0.383. The Morgan fingerprint density at radius 1 is 1.50 bits per heavy atom. The minimum absolute atomic E-state index is 0.383. The van der Waals surface area contributed by atoms with Gasteiger partial charge in [-0.2, -0.15) is 0 Å². The summed E-state index contributed by atoms with van der Waals surface area (Å²) < 4.78 is 10.4. The van der Waals surface area contributed by atoms with Crippen LogP contribution in [-0.2, 0) is 4.79 Å². The van der Waals surface area contributed by atoms with Gasteiger partial charge in [0.2, 0.25) is 0 Å². The first kappa shape index (κ1) is 9.06. The lowest BCUT2D eigenvalue weighted by molar-refractivity contribution is -0.120. The first-order valence-corrected chi connectivity index (χ1v) is 4.01. The summed E-state index contributed by atoms with van der Waals surface area (Å²) in [6, 6.07) is 5.02. The molecular weight excluding hydrogens is 224 g/mol. The number of hydrogen-bond donors (Lipinski definition) is 0. The highest BCUT2D eigenvalue weighted by Gasteiger charge is 2.00. The molecule has 1 aromatic carbocycles. The number of rotatable bonds is 3. The molecule has 0 saturated heterocycles. The van der Waals surface area contributed by atoms with E-state index >= 15 is 0 Å². The lowest BCUT2D eigenvalue weighted by Crippen LogP contribution is -1.89. The second-order valence-electron chi connectivity index (χ2n) is 2.01. The van der Waals surface area contributed by atoms with Gasteiger partial charge in [0.15, 0.2) is 0 Å². The standard InChI is InChI=1S/C8H7BrO3/c1-11-8-3-2-6(12-5-10)4-7(8)9/h2-5H,1H3. The Morgan fingerprint density at radius 3 is 2.75 bits per heavy atom. The summed E-state index contributed by atoms with van der Waals surface area (Å²) in [5, 5.41) is 0. The molecule has 0 spiro atoms. The highest BCUT2D eigenvalue weighted by Crippen LogP contribution is 2.28. The topological polar surface area (TPSA) is 35.5 Å². The minimum atomic E-state index is 0.383. The van der Waals surface area contributed by atoms with Gasteiger partial charge in [-0.1, -0.05) is 0 Å². The molecule has 0 fully saturated rings. The number of carbonyl (C=O) groups is 1. The summed E-state index contributed by atoms with van der Waals surface area (Å²) in [7, 11) is 1.57. The highest BCUT2D eigenvalue weighted by atomic mass is 79.9. The van der Waals surface area contributed by atoms with E-state index < -0.39 is 0 Å². The van der Waals surface area contributed by atoms with Gasteiger partial charge in [0, 0.05) is 0 Å². The van der Waals surface area contributed by atoms with Crippen molar-refractivity contribution in [2.24, 2.45) is 0 Å². The average Bonchev–Trinajstić information content (AvgIpc) is 2.05. The summed E-state index contributed by atoms with van der Waals surface area (Å²) in [5.41, 5.74) is 0. The van der Waals surface area contributed by atoms with Gasteiger partial charge >= 0.3 is 0 Å². The molecule has 0 aromatic heterocycles. The lowest BCUT2D eigenvalue weighted by Gasteiger charge is -2.03. The van der Waals surface area contributed by atoms with Crippen LogP contribution in [0.3, 0.4) is 0 Å². The number of benzene rings is 1. The van der Waals surface area contributed by atoms with Gasteiger partial charge in [0.25, 0.3) is 6.47 Å². The van der Waals surface area contributed by atoms with E-state index in [1.54, 1.807) is 25.3 Å². The molecular formula is C8H7BrO3. The van der Waals surface area contributed by atoms with Crippen molar-refractivity contribution in [2.75, 3.05) is 7.11 Å². The zero-order chi connectivity index (χ0) is 8.97. The van der Waals surface area contributed by atoms with Gasteiger partial charge in [-0.25, -0.2) is 0 Å². The summed E-state index contributed by atoms with van der Waals surface area (Å²) >= 11 is 3.26. The van der Waals surface area contributed by atoms with Crippen LogP contribution in [0.1, 0.15) is 0 Å². The molecule has 0 saturated carbocycles. The number of carbonyl (C=O) groups excluding carboxylic acids is 1. The molecule has 12 heavy (non-hydrogen) atoms. The van der Waals surface area contributed by atoms with Crippen LogP contribution in [0.25, 0.3) is 0 Å². The normalized spacial score (nSPS) is 9.17. The molecule has 0 radical (unpaired) electrons. The van der Waals surface area contributed by atoms with Gasteiger partial charge in [-0.05, 0) is 34.1 Å². The summed E-state index contributed by atoms with van der Waals surface area (Å²) in [6.07, 6.45) is 0. The van der Waals surface area contributed by atoms with Crippen LogP contribution in [0.15, 0.2) is 22.7 Å². The fraction of sp³-hybridized carbons (Fsp3) is 0.125. The first-order valence-electron chi connectivity index (χ1n) is 3.21. The van der Waals surface area contributed by atoms with Gasteiger partial charge in [0.1, 0.15) is 11.5 Å². The van der Waals surface area contributed by atoms with Crippen LogP contribution in [0.2, 0.25) is 0 Å². The average molecular weight is 231 g/mol. The zero-order valence-electron chi connectivity index (χ0n) is 6.41. The lowest BCUT2D eigenvalue weighted by atomic mass is 10.3. The fourth-order valence-electron chi connectivity index (χ4n) is 0.776. The second-order valence-corrected chi connectivity index (χ2v) is 2.86. The molecule has 0 heterocycles. The van der Waals surface area contributed by atoms with Crippen molar-refractivity contribution in [1.29, 1.82) is 0 Å². The maximum absolute atomic E-state index is 9.97. The Balaban J connectivity index is 2.93. The van der Waals surface area contributed by atoms with Crippen molar-refractivity contribution in [1.82, 2.24) is 0 Å². The van der Waals surface area contributed by atoms with E-state index in [4.69, 9.17) is 4.74 Å². The van der Waals surface area contributed by atoms with E-state index in [1.807, 2.05) is 0 Å². The van der Waals surface area contributed by atoms with Crippen LogP contribution in [0.5, 0.6) is 11.5 Å². The van der Waals surface area contributed by atoms with E-state index in [2.05, 4.69) is 20.7 Å². The predicted molar refractivity (Wildman–Crippen MR) is 47.4 cm³/mol. The van der Waals surface area contributed by atoms with Crippen molar-refractivity contribution in [2.45, 2.75) is 0 Å². The summed E-state index contributed by atoms with van der Waals surface area (Å²) in [5.74, 6) is 1.19. The van der Waals surface area contributed by atoms with Crippen molar-refractivity contribution in [3.63, 3.8) is 0 Å². The van der Waals surface area contributed by atoms with E-state index in [0.29, 0.717) is 18.0 Å². The molecule has 0 unspecified atom stereocenters. The van der Waals surface area contributed by atoms with Gasteiger partial charge in [-0.15, -0.1) is 0 Å². The molecule has 0 amide bonds. The Hall–Kier alpha value is -1.03. The molecule has 1 rings (SSSR count). The van der Waals surface area contributed by atoms with Crippen molar-refractivity contribution in [3.8, 4) is 11.5 Å². The molecule has 0 aliphatic rings. The van der Waals surface area contributed by atoms with Crippen LogP contribution in [-0.4, -0.2) is 13.6 Å².